The molecule has 2 heterocycles. The number of methoxy groups -OCH3 is 1. The Hall–Kier alpha value is -2.29. The van der Waals surface area contributed by atoms with Crippen LogP contribution in [0.2, 0.25) is 0 Å². The topological polar surface area (TPSA) is 94.7 Å². The normalized spacial score (nSPS) is 29.6. The maximum Gasteiger partial charge on any atom is 0.305 e. The number of hydrogen-bond acceptors (Lipinski definition) is 7. The van der Waals surface area contributed by atoms with Gasteiger partial charge in [-0.15, -0.1) is 0 Å². The van der Waals surface area contributed by atoms with E-state index >= 15 is 0 Å². The van der Waals surface area contributed by atoms with E-state index in [1.54, 1.807) is 0 Å². The van der Waals surface area contributed by atoms with Crippen molar-refractivity contribution in [2.24, 2.45) is 17.8 Å². The lowest BCUT2D eigenvalue weighted by Crippen LogP contribution is -2.42. The predicted octanol–water partition coefficient (Wildman–Crippen LogP) is 1.28. The molecule has 2 fully saturated rings. The number of nitrogens with one attached hydrogen (secondary N) is 4. The Morgan fingerprint density at radius 3 is 2.47 bits per heavy atom. The minimum absolute atomic E-state index is 0.00548. The summed E-state index contributed by atoms with van der Waals surface area (Å²) in [6.07, 6.45) is 0.270. The Bertz CT molecular complexity index is 820. The quantitative estimate of drug-likeness (QED) is 0.439. The van der Waals surface area contributed by atoms with Crippen LogP contribution in [-0.4, -0.2) is 37.0 Å². The fraction of sp³-hybridized carbons (Fsp3) is 0.435. The zero-order valence-corrected chi connectivity index (χ0v) is 17.1. The molecule has 2 saturated heterocycles. The first-order valence-corrected chi connectivity index (χ1v) is 10.5. The number of carbonyl (C=O) groups is 1. The lowest BCUT2D eigenvalue weighted by Gasteiger charge is -2.35. The second-order valence-electron chi connectivity index (χ2n) is 8.13. The Balaban J connectivity index is 1.62. The van der Waals surface area contributed by atoms with Crippen LogP contribution in [0.15, 0.2) is 60.7 Å². The summed E-state index contributed by atoms with van der Waals surface area (Å²) in [5, 5.41) is 10.8. The average Bonchev–Trinajstić information content (AvgIpc) is 3.40. The van der Waals surface area contributed by atoms with E-state index in [1.165, 1.54) is 12.7 Å². The van der Waals surface area contributed by atoms with Crippen molar-refractivity contribution in [2.45, 2.75) is 31.2 Å². The van der Waals surface area contributed by atoms with E-state index in [-0.39, 0.29) is 42.2 Å². The molecular weight excluding hydrogens is 380 g/mol. The Labute approximate surface area is 177 Å². The highest BCUT2D eigenvalue weighted by molar-refractivity contribution is 5.69. The summed E-state index contributed by atoms with van der Waals surface area (Å²) in [6, 6.07) is 20.5. The molecule has 0 aromatic heterocycles. The van der Waals surface area contributed by atoms with Gasteiger partial charge in [0.15, 0.2) is 0 Å². The summed E-state index contributed by atoms with van der Waals surface area (Å²) in [7, 11) is 1.42. The zero-order valence-electron chi connectivity index (χ0n) is 17.1. The molecule has 2 aromatic rings. The number of aliphatic hydroxyl groups is 1. The van der Waals surface area contributed by atoms with Crippen LogP contribution in [0.25, 0.3) is 0 Å². The van der Waals surface area contributed by atoms with Crippen molar-refractivity contribution in [3.05, 3.63) is 71.8 Å². The molecule has 6 atom stereocenters. The van der Waals surface area contributed by atoms with Crippen LogP contribution in [0, 0.1) is 17.8 Å². The van der Waals surface area contributed by atoms with Gasteiger partial charge in [-0.1, -0.05) is 60.7 Å². The fourth-order valence-corrected chi connectivity index (χ4v) is 4.94. The third kappa shape index (κ3) is 4.55. The number of aliphatic hydroxyl groups excluding tert-OH is 1. The number of benzene rings is 2. The zero-order chi connectivity index (χ0) is 20.9. The Morgan fingerprint density at radius 1 is 1.07 bits per heavy atom. The number of carbonyl (C=O) groups excluding carboxylic acids is 1. The van der Waals surface area contributed by atoms with E-state index in [9.17, 15) is 9.90 Å². The molecule has 30 heavy (non-hydrogen) atoms. The van der Waals surface area contributed by atoms with Gasteiger partial charge in [0.2, 0.25) is 0 Å². The third-order valence-corrected chi connectivity index (χ3v) is 6.40. The number of rotatable bonds is 7. The van der Waals surface area contributed by atoms with E-state index in [4.69, 9.17) is 4.74 Å². The van der Waals surface area contributed by atoms with Gasteiger partial charge < -0.3 is 9.84 Å². The van der Waals surface area contributed by atoms with Gasteiger partial charge in [-0.25, -0.2) is 10.9 Å². The molecular formula is C23H30N4O3. The van der Waals surface area contributed by atoms with Crippen LogP contribution >= 0.6 is 0 Å². The van der Waals surface area contributed by atoms with Gasteiger partial charge in [-0.05, 0) is 29.4 Å². The van der Waals surface area contributed by atoms with Gasteiger partial charge in [0.05, 0.1) is 13.2 Å². The van der Waals surface area contributed by atoms with E-state index in [0.717, 1.165) is 12.0 Å². The Kier molecular flexibility index (Phi) is 6.76. The second kappa shape index (κ2) is 9.68. The predicted molar refractivity (Wildman–Crippen MR) is 114 cm³/mol. The maximum absolute atomic E-state index is 12.4. The number of esters is 1. The molecule has 0 radical (unpaired) electrons. The van der Waals surface area contributed by atoms with Gasteiger partial charge in [0.25, 0.3) is 0 Å². The van der Waals surface area contributed by atoms with E-state index < -0.39 is 6.23 Å². The maximum atomic E-state index is 12.4. The minimum atomic E-state index is -0.745. The third-order valence-electron chi connectivity index (χ3n) is 6.40. The molecule has 2 aliphatic rings. The molecule has 7 nitrogen and oxygen atoms in total. The SMILES string of the molecule is COC(=O)CC(C1CNNC1c1ccccc1)C1C(O)NNC1Cc1ccccc1. The summed E-state index contributed by atoms with van der Waals surface area (Å²) in [5.41, 5.74) is 15.3. The molecule has 6 unspecified atom stereocenters. The molecule has 0 amide bonds. The van der Waals surface area contributed by atoms with Crippen molar-refractivity contribution in [3.63, 3.8) is 0 Å². The van der Waals surface area contributed by atoms with Crippen LogP contribution in [0.1, 0.15) is 23.6 Å². The van der Waals surface area contributed by atoms with Gasteiger partial charge in [-0.3, -0.25) is 15.6 Å². The van der Waals surface area contributed by atoms with Crippen molar-refractivity contribution in [3.8, 4) is 0 Å². The first-order chi connectivity index (χ1) is 14.7. The number of ether oxygens (including phenoxy) is 1. The highest BCUT2D eigenvalue weighted by atomic mass is 16.5. The molecule has 0 saturated carbocycles. The smallest absolute Gasteiger partial charge is 0.305 e. The van der Waals surface area contributed by atoms with Gasteiger partial charge >= 0.3 is 5.97 Å². The first-order valence-electron chi connectivity index (χ1n) is 10.5. The molecule has 160 valence electrons. The van der Waals surface area contributed by atoms with Gasteiger partial charge in [0.1, 0.15) is 6.23 Å². The summed E-state index contributed by atoms with van der Waals surface area (Å²) in [4.78, 5) is 12.4. The monoisotopic (exact) mass is 410 g/mol. The molecule has 2 aromatic carbocycles. The molecule has 0 aliphatic carbocycles. The summed E-state index contributed by atoms with van der Waals surface area (Å²) >= 11 is 0. The molecule has 2 aliphatic heterocycles. The second-order valence-corrected chi connectivity index (χ2v) is 8.13. The highest BCUT2D eigenvalue weighted by Gasteiger charge is 2.47. The van der Waals surface area contributed by atoms with Crippen LogP contribution < -0.4 is 21.7 Å². The van der Waals surface area contributed by atoms with Crippen molar-refractivity contribution in [2.75, 3.05) is 13.7 Å². The minimum Gasteiger partial charge on any atom is -0.469 e. The van der Waals surface area contributed by atoms with Crippen LogP contribution in [0.3, 0.4) is 0 Å². The van der Waals surface area contributed by atoms with Crippen molar-refractivity contribution < 1.29 is 14.6 Å². The van der Waals surface area contributed by atoms with Crippen LogP contribution in [0.4, 0.5) is 0 Å². The number of hydrazine groups is 2. The Morgan fingerprint density at radius 2 is 1.77 bits per heavy atom. The lowest BCUT2D eigenvalue weighted by atomic mass is 9.71. The molecule has 0 spiro atoms. The molecule has 4 rings (SSSR count). The fourth-order valence-electron chi connectivity index (χ4n) is 4.94. The standard InChI is InChI=1S/C23H30N4O3/c1-30-20(28)13-17(18-14-24-26-22(18)16-10-6-3-7-11-16)21-19(25-27-23(21)29)12-15-8-4-2-5-9-15/h2-11,17-19,21-27,29H,12-14H2,1H3. The van der Waals surface area contributed by atoms with Crippen molar-refractivity contribution in [1.82, 2.24) is 21.7 Å². The summed E-state index contributed by atoms with van der Waals surface area (Å²) < 4.78 is 5.03. The van der Waals surface area contributed by atoms with E-state index in [1.807, 2.05) is 36.4 Å². The first kappa shape index (κ1) is 21.0. The molecule has 7 heteroatoms. The van der Waals surface area contributed by atoms with E-state index in [0.29, 0.717) is 6.54 Å². The van der Waals surface area contributed by atoms with Crippen molar-refractivity contribution in [1.29, 1.82) is 0 Å². The molecule has 0 bridgehead atoms. The lowest BCUT2D eigenvalue weighted by molar-refractivity contribution is -0.143. The van der Waals surface area contributed by atoms with Gasteiger partial charge in [0, 0.05) is 24.9 Å². The van der Waals surface area contributed by atoms with Crippen LogP contribution in [-0.2, 0) is 16.0 Å². The summed E-state index contributed by atoms with van der Waals surface area (Å²) in [5.74, 6) is -0.374. The number of hydrogen-bond donors (Lipinski definition) is 5. The largest absolute Gasteiger partial charge is 0.469 e. The van der Waals surface area contributed by atoms with E-state index in [2.05, 4.69) is 46.0 Å². The summed E-state index contributed by atoms with van der Waals surface area (Å²) in [6.45, 7) is 0.711. The molecule has 5 N–H and O–H groups in total. The van der Waals surface area contributed by atoms with Crippen LogP contribution in [0.5, 0.6) is 0 Å². The average molecular weight is 411 g/mol. The van der Waals surface area contributed by atoms with Crippen molar-refractivity contribution >= 4 is 5.97 Å². The van der Waals surface area contributed by atoms with Gasteiger partial charge in [-0.2, -0.15) is 0 Å². The highest BCUT2D eigenvalue weighted by Crippen LogP contribution is 2.40.